The van der Waals surface area contributed by atoms with E-state index in [2.05, 4.69) is 28.9 Å². The summed E-state index contributed by atoms with van der Waals surface area (Å²) >= 11 is 3.40. The zero-order valence-electron chi connectivity index (χ0n) is 9.17. The van der Waals surface area contributed by atoms with E-state index >= 15 is 0 Å². The topological polar surface area (TPSA) is 29.5 Å². The van der Waals surface area contributed by atoms with Crippen LogP contribution in [0.1, 0.15) is 39.0 Å². The number of cyclic esters (lactones) is 1. The molecule has 0 atom stereocenters. The first-order chi connectivity index (χ1) is 7.25. The first kappa shape index (κ1) is 12.6. The van der Waals surface area contributed by atoms with Crippen LogP contribution >= 0.6 is 15.9 Å². The predicted molar refractivity (Wildman–Crippen MR) is 63.8 cm³/mol. The highest BCUT2D eigenvalue weighted by Crippen LogP contribution is 2.19. The number of unbranched alkanes of at least 4 members (excludes halogenated alkanes) is 4. The van der Waals surface area contributed by atoms with Crippen molar-refractivity contribution in [1.29, 1.82) is 0 Å². The maximum atomic E-state index is 11.2. The maximum Gasteiger partial charge on any atom is 0.414 e. The van der Waals surface area contributed by atoms with Crippen LogP contribution in [0.25, 0.3) is 0 Å². The second-order valence-electron chi connectivity index (χ2n) is 3.64. The van der Waals surface area contributed by atoms with Crippen molar-refractivity contribution >= 4 is 22.0 Å². The number of hydrogen-bond donors (Lipinski definition) is 0. The lowest BCUT2D eigenvalue weighted by molar-refractivity contribution is 0.165. The van der Waals surface area contributed by atoms with Crippen LogP contribution in [-0.2, 0) is 4.74 Å². The molecule has 1 heterocycles. The lowest BCUT2D eigenvalue weighted by atomic mass is 10.1. The number of halogens is 1. The van der Waals surface area contributed by atoms with Crippen LogP contribution in [0.15, 0.2) is 10.7 Å². The van der Waals surface area contributed by atoms with Gasteiger partial charge in [-0.3, -0.25) is 4.90 Å². The van der Waals surface area contributed by atoms with Crippen LogP contribution in [-0.4, -0.2) is 24.1 Å². The average Bonchev–Trinajstić information content (AvgIpc) is 2.64. The molecule has 0 N–H and O–H groups in total. The van der Waals surface area contributed by atoms with Crippen molar-refractivity contribution in [3.05, 3.63) is 10.7 Å². The van der Waals surface area contributed by atoms with E-state index < -0.39 is 0 Å². The molecule has 1 amide bonds. The number of allylic oxidation sites excluding steroid dienone is 1. The van der Waals surface area contributed by atoms with Crippen molar-refractivity contribution in [2.45, 2.75) is 39.0 Å². The third kappa shape index (κ3) is 4.24. The summed E-state index contributed by atoms with van der Waals surface area (Å²) < 4.78 is 5.70. The molecule has 1 aliphatic heterocycles. The van der Waals surface area contributed by atoms with Gasteiger partial charge in [-0.25, -0.2) is 4.79 Å². The molecule has 1 saturated heterocycles. The van der Waals surface area contributed by atoms with Gasteiger partial charge in [-0.15, -0.1) is 0 Å². The zero-order chi connectivity index (χ0) is 11.1. The highest BCUT2D eigenvalue weighted by atomic mass is 79.9. The van der Waals surface area contributed by atoms with E-state index in [1.165, 1.54) is 25.7 Å². The number of nitrogens with zero attached hydrogens (tertiary/aromatic N) is 1. The molecule has 1 fully saturated rings. The summed E-state index contributed by atoms with van der Waals surface area (Å²) in [5.74, 6) is 0. The van der Waals surface area contributed by atoms with Gasteiger partial charge in [-0.1, -0.05) is 32.3 Å². The highest BCUT2D eigenvalue weighted by molar-refractivity contribution is 9.11. The molecule has 0 bridgehead atoms. The standard InChI is InChI=1S/C11H18BrNO2/c1-2-3-4-5-6-7-10(12)13-8-9-15-11(13)14/h7H,2-6,8-9H2,1H3/b10-7+. The minimum Gasteiger partial charge on any atom is -0.447 e. The Labute approximate surface area is 99.6 Å². The predicted octanol–water partition coefficient (Wildman–Crippen LogP) is 3.65. The first-order valence-corrected chi connectivity index (χ1v) is 6.35. The lowest BCUT2D eigenvalue weighted by Crippen LogP contribution is -2.20. The van der Waals surface area contributed by atoms with E-state index in [9.17, 15) is 4.79 Å². The Bertz CT molecular complexity index is 241. The molecule has 3 nitrogen and oxygen atoms in total. The summed E-state index contributed by atoms with van der Waals surface area (Å²) in [6.45, 7) is 3.36. The molecule has 1 rings (SSSR count). The minimum absolute atomic E-state index is 0.244. The number of carbonyl (C=O) groups is 1. The van der Waals surface area contributed by atoms with Gasteiger partial charge < -0.3 is 4.74 Å². The number of carbonyl (C=O) groups excluding carboxylic acids is 1. The van der Waals surface area contributed by atoms with Gasteiger partial charge in [0.05, 0.1) is 11.2 Å². The molecule has 0 saturated carbocycles. The Balaban J connectivity index is 2.23. The second-order valence-corrected chi connectivity index (χ2v) is 4.45. The minimum atomic E-state index is -0.244. The van der Waals surface area contributed by atoms with Crippen molar-refractivity contribution in [2.75, 3.05) is 13.2 Å². The van der Waals surface area contributed by atoms with Crippen LogP contribution in [0.5, 0.6) is 0 Å². The van der Waals surface area contributed by atoms with Gasteiger partial charge >= 0.3 is 6.09 Å². The van der Waals surface area contributed by atoms with Gasteiger partial charge in [0.15, 0.2) is 0 Å². The van der Waals surface area contributed by atoms with Crippen molar-refractivity contribution in [2.24, 2.45) is 0 Å². The molecular formula is C11H18BrNO2. The molecule has 86 valence electrons. The molecule has 0 aromatic heterocycles. The van der Waals surface area contributed by atoms with Gasteiger partial charge in [-0.05, 0) is 28.8 Å². The van der Waals surface area contributed by atoms with Gasteiger partial charge in [0.25, 0.3) is 0 Å². The molecule has 0 radical (unpaired) electrons. The highest BCUT2D eigenvalue weighted by Gasteiger charge is 2.23. The summed E-state index contributed by atoms with van der Waals surface area (Å²) in [5, 5.41) is 0. The molecule has 4 heteroatoms. The van der Waals surface area contributed by atoms with Crippen LogP contribution in [0.2, 0.25) is 0 Å². The quantitative estimate of drug-likeness (QED) is 0.547. The third-order valence-corrected chi connectivity index (χ3v) is 3.14. The average molecular weight is 276 g/mol. The second kappa shape index (κ2) is 6.88. The van der Waals surface area contributed by atoms with Crippen molar-refractivity contribution < 1.29 is 9.53 Å². The monoisotopic (exact) mass is 275 g/mol. The molecule has 1 aliphatic rings. The van der Waals surface area contributed by atoms with Gasteiger partial charge in [0, 0.05) is 0 Å². The molecule has 0 aromatic carbocycles. The summed E-state index contributed by atoms with van der Waals surface area (Å²) in [6, 6.07) is 0. The molecule has 0 spiro atoms. The zero-order valence-corrected chi connectivity index (χ0v) is 10.8. The van der Waals surface area contributed by atoms with Gasteiger partial charge in [-0.2, -0.15) is 0 Å². The Morgan fingerprint density at radius 1 is 1.53 bits per heavy atom. The molecule has 15 heavy (non-hydrogen) atoms. The van der Waals surface area contributed by atoms with E-state index in [1.807, 2.05) is 0 Å². The van der Waals surface area contributed by atoms with Crippen molar-refractivity contribution in [1.82, 2.24) is 4.90 Å². The number of ether oxygens (including phenoxy) is 1. The van der Waals surface area contributed by atoms with Crippen LogP contribution < -0.4 is 0 Å². The SMILES string of the molecule is CCCCCC/C=C(\Br)N1CCOC1=O. The molecule has 0 aliphatic carbocycles. The number of rotatable bonds is 6. The summed E-state index contributed by atoms with van der Waals surface area (Å²) in [5.41, 5.74) is 0. The smallest absolute Gasteiger partial charge is 0.414 e. The Hall–Kier alpha value is -0.510. The van der Waals surface area contributed by atoms with Gasteiger partial charge in [0.1, 0.15) is 6.61 Å². The first-order valence-electron chi connectivity index (χ1n) is 5.55. The summed E-state index contributed by atoms with van der Waals surface area (Å²) in [4.78, 5) is 12.8. The fourth-order valence-electron chi connectivity index (χ4n) is 1.49. The maximum absolute atomic E-state index is 11.2. The van der Waals surface area contributed by atoms with E-state index in [-0.39, 0.29) is 6.09 Å². The van der Waals surface area contributed by atoms with E-state index in [0.717, 1.165) is 11.0 Å². The Kier molecular flexibility index (Phi) is 5.76. The largest absolute Gasteiger partial charge is 0.447 e. The lowest BCUT2D eigenvalue weighted by Gasteiger charge is -2.10. The van der Waals surface area contributed by atoms with E-state index in [4.69, 9.17) is 4.74 Å². The number of amides is 1. The molecule has 0 aromatic rings. The van der Waals surface area contributed by atoms with E-state index in [0.29, 0.717) is 13.2 Å². The summed E-state index contributed by atoms with van der Waals surface area (Å²) in [7, 11) is 0. The molecule has 0 unspecified atom stereocenters. The van der Waals surface area contributed by atoms with Crippen LogP contribution in [0.4, 0.5) is 4.79 Å². The molecular weight excluding hydrogens is 258 g/mol. The van der Waals surface area contributed by atoms with E-state index in [1.54, 1.807) is 4.90 Å². The third-order valence-electron chi connectivity index (χ3n) is 2.39. The Morgan fingerprint density at radius 2 is 2.33 bits per heavy atom. The van der Waals surface area contributed by atoms with Crippen LogP contribution in [0, 0.1) is 0 Å². The fourth-order valence-corrected chi connectivity index (χ4v) is 2.04. The van der Waals surface area contributed by atoms with Crippen molar-refractivity contribution in [3.8, 4) is 0 Å². The van der Waals surface area contributed by atoms with Crippen molar-refractivity contribution in [3.63, 3.8) is 0 Å². The number of hydrogen-bond acceptors (Lipinski definition) is 2. The van der Waals surface area contributed by atoms with Crippen LogP contribution in [0.3, 0.4) is 0 Å². The normalized spacial score (nSPS) is 17.1. The fraction of sp³-hybridized carbons (Fsp3) is 0.727. The Morgan fingerprint density at radius 3 is 2.93 bits per heavy atom. The van der Waals surface area contributed by atoms with Gasteiger partial charge in [0.2, 0.25) is 0 Å². The summed E-state index contributed by atoms with van der Waals surface area (Å²) in [6.07, 6.45) is 7.82.